The second kappa shape index (κ2) is 18.1. The number of nitrogens with zero attached hydrogens (tertiary/aromatic N) is 3. The second-order valence-electron chi connectivity index (χ2n) is 15.8. The molecule has 9 atom stereocenters. The smallest absolute Gasteiger partial charge is 0.312 e. The van der Waals surface area contributed by atoms with Crippen LogP contribution < -0.4 is 10.1 Å². The zero-order chi connectivity index (χ0) is 42.8. The summed E-state index contributed by atoms with van der Waals surface area (Å²) in [7, 11) is 1.42. The van der Waals surface area contributed by atoms with E-state index in [1.165, 1.54) is 40.0 Å². The first-order valence-electron chi connectivity index (χ1n) is 19.5. The molecule has 1 amide bonds. The fourth-order valence-corrected chi connectivity index (χ4v) is 7.80. The van der Waals surface area contributed by atoms with E-state index < -0.39 is 99.7 Å². The summed E-state index contributed by atoms with van der Waals surface area (Å²) in [5.74, 6) is -8.76. The van der Waals surface area contributed by atoms with Crippen LogP contribution in [0.3, 0.4) is 0 Å². The molecule has 0 aromatic heterocycles. The number of nitrogens with one attached hydrogen (secondary N) is 1. The number of aliphatic hydroxyl groups is 4. The van der Waals surface area contributed by atoms with Gasteiger partial charge in [0.1, 0.15) is 17.2 Å². The summed E-state index contributed by atoms with van der Waals surface area (Å²) in [4.78, 5) is 59.1. The van der Waals surface area contributed by atoms with Crippen LogP contribution in [-0.2, 0) is 14.3 Å². The van der Waals surface area contributed by atoms with E-state index in [4.69, 9.17) is 14.2 Å². The Balaban J connectivity index is 1.63. The highest BCUT2D eigenvalue weighted by Gasteiger charge is 2.52. The number of carbonyl (C=O) groups is 4. The molecule has 6 N–H and O–H groups in total. The summed E-state index contributed by atoms with van der Waals surface area (Å²) < 4.78 is 17.6. The van der Waals surface area contributed by atoms with Crippen molar-refractivity contribution in [3.05, 3.63) is 69.7 Å². The Labute approximate surface area is 338 Å². The molecule has 4 heterocycles. The van der Waals surface area contributed by atoms with E-state index in [1.807, 2.05) is 4.90 Å². The summed E-state index contributed by atoms with van der Waals surface area (Å²) in [6.45, 7) is 13.5. The Morgan fingerprint density at radius 2 is 1.55 bits per heavy atom. The van der Waals surface area contributed by atoms with Crippen LogP contribution in [0.1, 0.15) is 78.2 Å². The number of rotatable bonds is 5. The Morgan fingerprint density at radius 3 is 2.19 bits per heavy atom. The minimum atomic E-state index is -2.08. The van der Waals surface area contributed by atoms with Crippen molar-refractivity contribution in [3.8, 4) is 11.5 Å². The number of aliphatic hydroxyl groups excluding tert-OH is 4. The number of carbonyl (C=O) groups excluding carboxylic acids is 4. The third-order valence-electron chi connectivity index (χ3n) is 11.8. The van der Waals surface area contributed by atoms with Gasteiger partial charge in [-0.2, -0.15) is 5.10 Å². The van der Waals surface area contributed by atoms with Crippen LogP contribution in [0, 0.1) is 30.6 Å². The van der Waals surface area contributed by atoms with Gasteiger partial charge in [-0.25, -0.2) is 0 Å². The van der Waals surface area contributed by atoms with Crippen molar-refractivity contribution >= 4 is 29.5 Å². The molecule has 1 aromatic rings. The van der Waals surface area contributed by atoms with Gasteiger partial charge >= 0.3 is 5.79 Å². The molecule has 16 heteroatoms. The van der Waals surface area contributed by atoms with E-state index in [2.05, 4.69) is 10.4 Å². The van der Waals surface area contributed by atoms with Crippen LogP contribution in [0.15, 0.2) is 52.5 Å². The first-order chi connectivity index (χ1) is 27.4. The number of hydrazone groups is 1. The number of piperazine rings is 1. The van der Waals surface area contributed by atoms with Crippen LogP contribution >= 0.6 is 0 Å². The Morgan fingerprint density at radius 1 is 0.914 bits per heavy atom. The molecule has 1 saturated heterocycles. The first-order valence-corrected chi connectivity index (χ1v) is 19.5. The maximum Gasteiger partial charge on any atom is 0.312 e. The van der Waals surface area contributed by atoms with Gasteiger partial charge < -0.3 is 45.1 Å². The van der Waals surface area contributed by atoms with Gasteiger partial charge in [-0.05, 0) is 19.9 Å². The Bertz CT molecular complexity index is 1950. The van der Waals surface area contributed by atoms with Crippen LogP contribution in [0.2, 0.25) is 0 Å². The molecule has 1 fully saturated rings. The van der Waals surface area contributed by atoms with Crippen molar-refractivity contribution < 1.29 is 58.9 Å². The minimum Gasteiger partial charge on any atom is -0.507 e. The van der Waals surface area contributed by atoms with Gasteiger partial charge in [0, 0.05) is 81.6 Å². The van der Waals surface area contributed by atoms with Gasteiger partial charge in [-0.15, -0.1) is 0 Å². The van der Waals surface area contributed by atoms with Crippen molar-refractivity contribution in [1.82, 2.24) is 15.2 Å². The number of ketones is 3. The van der Waals surface area contributed by atoms with E-state index in [1.54, 1.807) is 44.9 Å². The van der Waals surface area contributed by atoms with E-state index in [0.29, 0.717) is 32.7 Å². The highest BCUT2D eigenvalue weighted by Crippen LogP contribution is 2.48. The number of hydrogen-bond acceptors (Lipinski definition) is 15. The van der Waals surface area contributed by atoms with E-state index in [9.17, 15) is 44.7 Å². The molecule has 1 aromatic carbocycles. The molecule has 6 rings (SSSR count). The summed E-state index contributed by atoms with van der Waals surface area (Å²) in [5.41, 5.74) is -1.89. The normalized spacial score (nSPS) is 33.8. The molecule has 5 bridgehead atoms. The summed E-state index contributed by atoms with van der Waals surface area (Å²) >= 11 is 0. The predicted octanol–water partition coefficient (Wildman–Crippen LogP) is 2.03. The standard InChI is InChI=1S/C42H56N4O12/c1-21-10-9-11-22(2)41(55)44-32-27(20-43-46-15-13-45(14-16-46)17-18-47)37(52)29-30(38(32)53)36(51)26(6)39-31(29)40(54)42(7,58-39)57-19-12-28(56-8)23(3)34(49)25(5)35(50)24(4)33(21)48/h9-12,19-21,23-25,28,33-35,47-51H,13-18H2,1-8H3,(H,44,55)/b10-9+,19-12+,22-11-,43-20+/t21-,23+,24+,25-,28-,33-,34+,35+,42-/m0/s1. The van der Waals surface area contributed by atoms with Gasteiger partial charge in [0.15, 0.2) is 5.78 Å². The molecule has 16 nitrogen and oxygen atoms in total. The molecule has 1 aliphatic carbocycles. The van der Waals surface area contributed by atoms with Gasteiger partial charge in [-0.3, -0.25) is 29.1 Å². The lowest BCUT2D eigenvalue weighted by Crippen LogP contribution is -2.45. The monoisotopic (exact) mass is 808 g/mol. The second-order valence-corrected chi connectivity index (χ2v) is 15.8. The molecule has 316 valence electrons. The van der Waals surface area contributed by atoms with Crippen molar-refractivity contribution in [1.29, 1.82) is 0 Å². The van der Waals surface area contributed by atoms with Crippen molar-refractivity contribution in [3.63, 3.8) is 0 Å². The maximum atomic E-state index is 14.6. The van der Waals surface area contributed by atoms with Gasteiger partial charge in [0.25, 0.3) is 11.7 Å². The minimum absolute atomic E-state index is 0.000983. The number of hydrogen-bond donors (Lipinski definition) is 6. The zero-order valence-electron chi connectivity index (χ0n) is 34.3. The largest absolute Gasteiger partial charge is 0.507 e. The third-order valence-corrected chi connectivity index (χ3v) is 11.8. The van der Waals surface area contributed by atoms with E-state index >= 15 is 0 Å². The number of aromatic hydroxyl groups is 1. The third kappa shape index (κ3) is 8.53. The number of amides is 1. The van der Waals surface area contributed by atoms with Crippen LogP contribution in [0.25, 0.3) is 0 Å². The number of ether oxygens (including phenoxy) is 3. The first kappa shape index (κ1) is 44.4. The van der Waals surface area contributed by atoms with Crippen LogP contribution in [0.5, 0.6) is 11.5 Å². The molecule has 0 radical (unpaired) electrons. The van der Waals surface area contributed by atoms with Crippen molar-refractivity contribution in [2.75, 3.05) is 46.4 Å². The van der Waals surface area contributed by atoms with E-state index in [0.717, 1.165) is 12.5 Å². The van der Waals surface area contributed by atoms with Crippen molar-refractivity contribution in [2.24, 2.45) is 28.8 Å². The number of Topliss-reactive ketones (excluding diaryl/α,β-unsaturated/α-hetero) is 3. The molecule has 5 aliphatic rings. The predicted molar refractivity (Wildman–Crippen MR) is 212 cm³/mol. The molecule has 0 saturated carbocycles. The lowest BCUT2D eigenvalue weighted by molar-refractivity contribution is -0.116. The number of phenolic OH excluding ortho intramolecular Hbond substituents is 1. The molecule has 0 spiro atoms. The number of allylic oxidation sites excluding steroid dienone is 4. The highest BCUT2D eigenvalue weighted by atomic mass is 16.7. The zero-order valence-corrected chi connectivity index (χ0v) is 34.3. The number of fused-ring (bicyclic) bond motifs is 14. The molecule has 58 heavy (non-hydrogen) atoms. The fraction of sp³-hybridized carbons (Fsp3) is 0.548. The number of β-amino-alcohol motifs (C(OH)–C–C–N with tert-alkyl or cyclic N) is 1. The number of phenols is 1. The number of methoxy groups -OCH3 is 1. The highest BCUT2D eigenvalue weighted by molar-refractivity contribution is 6.37. The van der Waals surface area contributed by atoms with Gasteiger partial charge in [0.05, 0.1) is 65.8 Å². The Hall–Kier alpha value is -4.71. The maximum absolute atomic E-state index is 14.6. The van der Waals surface area contributed by atoms with Crippen molar-refractivity contribution in [2.45, 2.75) is 78.7 Å². The van der Waals surface area contributed by atoms with Crippen LogP contribution in [-0.4, -0.2) is 142 Å². The van der Waals surface area contributed by atoms with Gasteiger partial charge in [-0.1, -0.05) is 45.9 Å². The Kier molecular flexibility index (Phi) is 13.8. The quantitative estimate of drug-likeness (QED) is 0.234. The van der Waals surface area contributed by atoms with Crippen LogP contribution in [0.4, 0.5) is 0 Å². The summed E-state index contributed by atoms with van der Waals surface area (Å²) in [5, 5.41) is 63.3. The van der Waals surface area contributed by atoms with E-state index in [-0.39, 0.29) is 34.6 Å². The lowest BCUT2D eigenvalue weighted by atomic mass is 9.78. The topological polar surface area (TPSA) is 228 Å². The molecule has 4 aliphatic heterocycles. The number of benzene rings is 1. The SMILES string of the molecule is CO[C@H]1/C=C/O[C@@]2(C)Oc3c(C)c(O)c4c(c3C2=O)C(=O)C(/C=N/N2CCN(CCO)CC2)=C(NC(=O)/C(C)=C\C=C\[C@H](C)[C@H](O)[C@@H](C)[C@@H](O)[C@@H](C)[C@H](O)[C@@H]1C)C4=O. The van der Waals surface area contributed by atoms with Gasteiger partial charge in [0.2, 0.25) is 5.78 Å². The molecule has 0 unspecified atom stereocenters. The molecular formula is C42H56N4O12. The average Bonchev–Trinajstić information content (AvgIpc) is 3.47. The molecular weight excluding hydrogens is 752 g/mol. The summed E-state index contributed by atoms with van der Waals surface area (Å²) in [6, 6.07) is 0. The average molecular weight is 809 g/mol. The summed E-state index contributed by atoms with van der Waals surface area (Å²) in [6.07, 6.45) is 4.37. The fourth-order valence-electron chi connectivity index (χ4n) is 7.80. The lowest BCUT2D eigenvalue weighted by Gasteiger charge is -2.36.